The first-order valence-corrected chi connectivity index (χ1v) is 7.51. The molecule has 0 aliphatic carbocycles. The SMILES string of the molecule is CCCC(CCN)CCC(=O)N1CCCC1(C)C. The summed E-state index contributed by atoms with van der Waals surface area (Å²) in [6.45, 7) is 8.26. The van der Waals surface area contributed by atoms with Crippen molar-refractivity contribution in [2.75, 3.05) is 13.1 Å². The van der Waals surface area contributed by atoms with Crippen LogP contribution in [0.1, 0.15) is 65.7 Å². The Morgan fingerprint density at radius 3 is 2.56 bits per heavy atom. The van der Waals surface area contributed by atoms with Crippen LogP contribution in [0.15, 0.2) is 0 Å². The molecule has 1 unspecified atom stereocenters. The van der Waals surface area contributed by atoms with Crippen LogP contribution in [-0.4, -0.2) is 29.4 Å². The third-order valence-corrected chi connectivity index (χ3v) is 4.24. The van der Waals surface area contributed by atoms with E-state index in [2.05, 4.69) is 25.7 Å². The van der Waals surface area contributed by atoms with Gasteiger partial charge in [0.25, 0.3) is 0 Å². The molecule has 1 amide bonds. The van der Waals surface area contributed by atoms with Gasteiger partial charge in [0.1, 0.15) is 0 Å². The molecule has 1 atom stereocenters. The van der Waals surface area contributed by atoms with Gasteiger partial charge in [0.2, 0.25) is 5.91 Å². The summed E-state index contributed by atoms with van der Waals surface area (Å²) in [5.41, 5.74) is 5.71. The normalized spacial score (nSPS) is 20.1. The van der Waals surface area contributed by atoms with Gasteiger partial charge in [-0.1, -0.05) is 19.8 Å². The van der Waals surface area contributed by atoms with E-state index in [1.807, 2.05) is 0 Å². The Kier molecular flexibility index (Phi) is 6.13. The van der Waals surface area contributed by atoms with Gasteiger partial charge in [-0.25, -0.2) is 0 Å². The van der Waals surface area contributed by atoms with E-state index in [1.54, 1.807) is 0 Å². The molecule has 1 rings (SSSR count). The molecule has 1 saturated heterocycles. The van der Waals surface area contributed by atoms with E-state index in [0.29, 0.717) is 18.2 Å². The summed E-state index contributed by atoms with van der Waals surface area (Å²) < 4.78 is 0. The summed E-state index contributed by atoms with van der Waals surface area (Å²) in [7, 11) is 0. The molecule has 0 saturated carbocycles. The van der Waals surface area contributed by atoms with E-state index >= 15 is 0 Å². The summed E-state index contributed by atoms with van der Waals surface area (Å²) in [6.07, 6.45) is 7.46. The fraction of sp³-hybridized carbons (Fsp3) is 0.933. The van der Waals surface area contributed by atoms with Crippen molar-refractivity contribution in [1.82, 2.24) is 4.90 Å². The van der Waals surface area contributed by atoms with Crippen molar-refractivity contribution in [1.29, 1.82) is 0 Å². The van der Waals surface area contributed by atoms with E-state index < -0.39 is 0 Å². The third kappa shape index (κ3) is 4.27. The average molecular weight is 254 g/mol. The van der Waals surface area contributed by atoms with Crippen LogP contribution >= 0.6 is 0 Å². The first kappa shape index (κ1) is 15.5. The van der Waals surface area contributed by atoms with Gasteiger partial charge in [0, 0.05) is 18.5 Å². The van der Waals surface area contributed by atoms with E-state index in [-0.39, 0.29) is 5.54 Å². The summed E-state index contributed by atoms with van der Waals surface area (Å²) in [4.78, 5) is 14.4. The molecule has 2 N–H and O–H groups in total. The zero-order chi connectivity index (χ0) is 13.6. The molecule has 1 fully saturated rings. The molecule has 1 aliphatic heterocycles. The monoisotopic (exact) mass is 254 g/mol. The van der Waals surface area contributed by atoms with Gasteiger partial charge in [0.15, 0.2) is 0 Å². The Bertz CT molecular complexity index is 257. The molecule has 1 aliphatic rings. The second-order valence-electron chi connectivity index (χ2n) is 6.23. The molecule has 0 aromatic carbocycles. The van der Waals surface area contributed by atoms with Crippen LogP contribution in [0.2, 0.25) is 0 Å². The molecule has 1 heterocycles. The van der Waals surface area contributed by atoms with Crippen molar-refractivity contribution in [2.24, 2.45) is 11.7 Å². The maximum atomic E-state index is 12.3. The first-order chi connectivity index (χ1) is 8.51. The fourth-order valence-corrected chi connectivity index (χ4v) is 3.11. The van der Waals surface area contributed by atoms with Crippen LogP contribution in [0.3, 0.4) is 0 Å². The highest BCUT2D eigenvalue weighted by molar-refractivity contribution is 5.77. The molecule has 0 bridgehead atoms. The minimum Gasteiger partial charge on any atom is -0.338 e. The number of hydrogen-bond donors (Lipinski definition) is 1. The molecule has 106 valence electrons. The number of carbonyl (C=O) groups excluding carboxylic acids is 1. The second kappa shape index (κ2) is 7.13. The quantitative estimate of drug-likeness (QED) is 0.759. The smallest absolute Gasteiger partial charge is 0.223 e. The van der Waals surface area contributed by atoms with E-state index in [1.165, 1.54) is 12.8 Å². The lowest BCUT2D eigenvalue weighted by Crippen LogP contribution is -2.42. The predicted octanol–water partition coefficient (Wildman–Crippen LogP) is 2.93. The molecular formula is C15H30N2O. The van der Waals surface area contributed by atoms with Crippen molar-refractivity contribution in [2.45, 2.75) is 71.3 Å². The average Bonchev–Trinajstić information content (AvgIpc) is 2.66. The molecule has 0 radical (unpaired) electrons. The summed E-state index contributed by atoms with van der Waals surface area (Å²) in [5, 5.41) is 0. The zero-order valence-corrected chi connectivity index (χ0v) is 12.4. The fourth-order valence-electron chi connectivity index (χ4n) is 3.11. The first-order valence-electron chi connectivity index (χ1n) is 7.51. The Hall–Kier alpha value is -0.570. The lowest BCUT2D eigenvalue weighted by Gasteiger charge is -2.32. The highest BCUT2D eigenvalue weighted by atomic mass is 16.2. The van der Waals surface area contributed by atoms with Crippen LogP contribution in [0.25, 0.3) is 0 Å². The van der Waals surface area contributed by atoms with Gasteiger partial charge in [0.05, 0.1) is 0 Å². The predicted molar refractivity (Wildman–Crippen MR) is 76.3 cm³/mol. The van der Waals surface area contributed by atoms with Crippen molar-refractivity contribution in [3.63, 3.8) is 0 Å². The van der Waals surface area contributed by atoms with Crippen molar-refractivity contribution in [3.05, 3.63) is 0 Å². The standard InChI is InChI=1S/C15H30N2O/c1-4-6-13(9-11-16)7-8-14(18)17-12-5-10-15(17,2)3/h13H,4-12,16H2,1-3H3. The zero-order valence-electron chi connectivity index (χ0n) is 12.4. The topological polar surface area (TPSA) is 46.3 Å². The maximum absolute atomic E-state index is 12.3. The van der Waals surface area contributed by atoms with Gasteiger partial charge in [-0.05, 0) is 52.0 Å². The van der Waals surface area contributed by atoms with Crippen LogP contribution in [0, 0.1) is 5.92 Å². The van der Waals surface area contributed by atoms with E-state index in [0.717, 1.165) is 38.8 Å². The van der Waals surface area contributed by atoms with E-state index in [9.17, 15) is 4.79 Å². The summed E-state index contributed by atoms with van der Waals surface area (Å²) >= 11 is 0. The number of nitrogens with zero attached hydrogens (tertiary/aromatic N) is 1. The number of likely N-dealkylation sites (tertiary alicyclic amines) is 1. The highest BCUT2D eigenvalue weighted by Crippen LogP contribution is 2.29. The van der Waals surface area contributed by atoms with Crippen molar-refractivity contribution < 1.29 is 4.79 Å². The van der Waals surface area contributed by atoms with Gasteiger partial charge in [-0.3, -0.25) is 4.79 Å². The van der Waals surface area contributed by atoms with Crippen LogP contribution in [0.5, 0.6) is 0 Å². The van der Waals surface area contributed by atoms with Gasteiger partial charge >= 0.3 is 0 Å². The number of nitrogens with two attached hydrogens (primary N) is 1. The Labute approximate surface area is 112 Å². The van der Waals surface area contributed by atoms with Crippen molar-refractivity contribution in [3.8, 4) is 0 Å². The third-order valence-electron chi connectivity index (χ3n) is 4.24. The van der Waals surface area contributed by atoms with Gasteiger partial charge < -0.3 is 10.6 Å². The Morgan fingerprint density at radius 1 is 1.33 bits per heavy atom. The maximum Gasteiger partial charge on any atom is 0.223 e. The van der Waals surface area contributed by atoms with Crippen molar-refractivity contribution >= 4 is 5.91 Å². The van der Waals surface area contributed by atoms with Gasteiger partial charge in [-0.15, -0.1) is 0 Å². The molecular weight excluding hydrogens is 224 g/mol. The van der Waals surface area contributed by atoms with Crippen LogP contribution < -0.4 is 5.73 Å². The number of amides is 1. The number of hydrogen-bond acceptors (Lipinski definition) is 2. The minimum atomic E-state index is 0.0746. The Balaban J connectivity index is 2.39. The lowest BCUT2D eigenvalue weighted by atomic mass is 9.93. The number of carbonyl (C=O) groups is 1. The van der Waals surface area contributed by atoms with E-state index in [4.69, 9.17) is 5.73 Å². The second-order valence-corrected chi connectivity index (χ2v) is 6.23. The summed E-state index contributed by atoms with van der Waals surface area (Å²) in [5.74, 6) is 0.977. The Morgan fingerprint density at radius 2 is 2.06 bits per heavy atom. The molecule has 0 aromatic rings. The molecule has 18 heavy (non-hydrogen) atoms. The number of rotatable bonds is 7. The molecule has 0 aromatic heterocycles. The highest BCUT2D eigenvalue weighted by Gasteiger charge is 2.34. The molecule has 3 heteroatoms. The summed E-state index contributed by atoms with van der Waals surface area (Å²) in [6, 6.07) is 0. The molecule has 0 spiro atoms. The van der Waals surface area contributed by atoms with Crippen LogP contribution in [0.4, 0.5) is 0 Å². The van der Waals surface area contributed by atoms with Crippen LogP contribution in [-0.2, 0) is 4.79 Å². The largest absolute Gasteiger partial charge is 0.338 e. The molecule has 3 nitrogen and oxygen atoms in total. The van der Waals surface area contributed by atoms with Gasteiger partial charge in [-0.2, -0.15) is 0 Å². The lowest BCUT2D eigenvalue weighted by molar-refractivity contribution is -0.134. The minimum absolute atomic E-state index is 0.0746.